The molecule has 6 rings (SSSR count). The highest BCUT2D eigenvalue weighted by Gasteiger charge is 2.33. The fourth-order valence-electron chi connectivity index (χ4n) is 6.78. The molecule has 0 saturated carbocycles. The molecule has 286 valence electrons. The van der Waals surface area contributed by atoms with E-state index in [1.54, 1.807) is 12.1 Å². The van der Waals surface area contributed by atoms with Crippen LogP contribution in [0.4, 0.5) is 11.4 Å². The second-order valence-electron chi connectivity index (χ2n) is 14.1. The maximum atomic E-state index is 12.7. The summed E-state index contributed by atoms with van der Waals surface area (Å²) in [6, 6.07) is 37.4. The molecule has 0 spiro atoms. The van der Waals surface area contributed by atoms with Crippen LogP contribution in [-0.2, 0) is 38.6 Å². The monoisotopic (exact) mass is 741 g/mol. The van der Waals surface area contributed by atoms with E-state index in [9.17, 15) is 14.7 Å². The number of benzene rings is 4. The number of nitrogen functional groups attached to an aromatic ring is 1. The highest BCUT2D eigenvalue weighted by atomic mass is 16.7. The second-order valence-corrected chi connectivity index (χ2v) is 14.1. The van der Waals surface area contributed by atoms with E-state index < -0.39 is 6.29 Å². The Hall–Kier alpha value is -5.39. The molecular weight excluding hydrogens is 691 g/mol. The van der Waals surface area contributed by atoms with Gasteiger partial charge in [0.25, 0.3) is 0 Å². The van der Waals surface area contributed by atoms with Crippen LogP contribution in [0.25, 0.3) is 11.1 Å². The summed E-state index contributed by atoms with van der Waals surface area (Å²) in [6.07, 6.45) is 4.46. The number of aliphatic hydroxyl groups excluding tert-OH is 1. The largest absolute Gasteiger partial charge is 0.397 e. The number of nitrogens with two attached hydrogens (primary N) is 1. The van der Waals surface area contributed by atoms with E-state index in [0.717, 1.165) is 58.6 Å². The zero-order valence-electron chi connectivity index (χ0n) is 31.4. The minimum absolute atomic E-state index is 0.00291. The number of unbranched alkanes of at least 4 members (excludes halogenated alkanes) is 1. The maximum absolute atomic E-state index is 12.7. The number of nitrogens with one attached hydrogen (secondary N) is 2. The number of ether oxygens (including phenoxy) is 2. The quantitative estimate of drug-likeness (QED) is 0.0573. The van der Waals surface area contributed by atoms with Crippen LogP contribution in [0, 0.1) is 0 Å². The number of amides is 2. The minimum atomic E-state index is -0.559. The molecule has 0 aliphatic carbocycles. The summed E-state index contributed by atoms with van der Waals surface area (Å²) in [5, 5.41) is 15.5. The van der Waals surface area contributed by atoms with Gasteiger partial charge in [0.05, 0.1) is 30.2 Å². The van der Waals surface area contributed by atoms with E-state index in [1.807, 2.05) is 72.9 Å². The van der Waals surface area contributed by atoms with Gasteiger partial charge in [-0.1, -0.05) is 91.0 Å². The number of anilines is 2. The Bertz CT molecular complexity index is 1970. The van der Waals surface area contributed by atoms with Gasteiger partial charge in [0.1, 0.15) is 0 Å². The van der Waals surface area contributed by atoms with Crippen LogP contribution in [0.1, 0.15) is 72.4 Å². The first kappa shape index (κ1) is 39.3. The van der Waals surface area contributed by atoms with Crippen LogP contribution in [0.5, 0.6) is 0 Å². The van der Waals surface area contributed by atoms with Crippen molar-refractivity contribution in [1.29, 1.82) is 0 Å². The third kappa shape index (κ3) is 11.6. The van der Waals surface area contributed by atoms with Crippen LogP contribution < -0.4 is 16.4 Å². The molecule has 1 aliphatic heterocycles. The lowest BCUT2D eigenvalue weighted by Crippen LogP contribution is -2.38. The SMILES string of the molecule is CN(CCc1ccccn1)C[C@H]1C[C@@H](c2ccc(CO)cc2)O[C@@H](c2ccc(-c3ccccc3CNC(=O)CCCCC(=O)Nc3ccccc3N)cc2)O1. The zero-order valence-corrected chi connectivity index (χ0v) is 31.4. The number of carbonyl (C=O) groups excluding carboxylic acids is 2. The number of hydrogen-bond acceptors (Lipinski definition) is 8. The van der Waals surface area contributed by atoms with Crippen molar-refractivity contribution in [3.8, 4) is 11.1 Å². The number of aliphatic hydroxyl groups is 1. The minimum Gasteiger partial charge on any atom is -0.397 e. The molecule has 55 heavy (non-hydrogen) atoms. The highest BCUT2D eigenvalue weighted by Crippen LogP contribution is 2.39. The summed E-state index contributed by atoms with van der Waals surface area (Å²) in [4.78, 5) is 31.8. The van der Waals surface area contributed by atoms with Crippen LogP contribution in [0.3, 0.4) is 0 Å². The number of likely N-dealkylation sites (N-methyl/N-ethyl adjacent to an activating group) is 1. The predicted molar refractivity (Wildman–Crippen MR) is 216 cm³/mol. The number of para-hydroxylation sites is 2. The average molecular weight is 742 g/mol. The van der Waals surface area contributed by atoms with Crippen molar-refractivity contribution in [2.45, 2.75) is 70.2 Å². The van der Waals surface area contributed by atoms with Gasteiger partial charge in [0.2, 0.25) is 11.8 Å². The lowest BCUT2D eigenvalue weighted by atomic mass is 9.97. The van der Waals surface area contributed by atoms with E-state index in [0.29, 0.717) is 50.0 Å². The molecule has 1 aromatic heterocycles. The van der Waals surface area contributed by atoms with Gasteiger partial charge in [0.15, 0.2) is 6.29 Å². The Balaban J connectivity index is 1.05. The first-order chi connectivity index (χ1) is 26.8. The average Bonchev–Trinajstić information content (AvgIpc) is 3.22. The lowest BCUT2D eigenvalue weighted by molar-refractivity contribution is -0.252. The Morgan fingerprint density at radius 1 is 0.836 bits per heavy atom. The van der Waals surface area contributed by atoms with Gasteiger partial charge in [-0.05, 0) is 72.0 Å². The lowest BCUT2D eigenvalue weighted by Gasteiger charge is -2.38. The first-order valence-electron chi connectivity index (χ1n) is 19.0. The summed E-state index contributed by atoms with van der Waals surface area (Å²) in [5.41, 5.74) is 14.0. The molecule has 2 heterocycles. The molecule has 0 bridgehead atoms. The number of rotatable bonds is 17. The number of carbonyl (C=O) groups is 2. The van der Waals surface area contributed by atoms with Crippen LogP contribution in [0.2, 0.25) is 0 Å². The summed E-state index contributed by atoms with van der Waals surface area (Å²) in [7, 11) is 2.11. The van der Waals surface area contributed by atoms with Crippen molar-refractivity contribution < 1.29 is 24.2 Å². The van der Waals surface area contributed by atoms with Crippen molar-refractivity contribution in [2.75, 3.05) is 31.2 Å². The van der Waals surface area contributed by atoms with Gasteiger partial charge in [-0.3, -0.25) is 14.6 Å². The Morgan fingerprint density at radius 2 is 1.55 bits per heavy atom. The molecule has 5 aromatic rings. The van der Waals surface area contributed by atoms with E-state index >= 15 is 0 Å². The van der Waals surface area contributed by atoms with Crippen molar-refractivity contribution >= 4 is 23.2 Å². The third-order valence-electron chi connectivity index (χ3n) is 9.89. The summed E-state index contributed by atoms with van der Waals surface area (Å²) < 4.78 is 13.2. The Labute approximate surface area is 323 Å². The van der Waals surface area contributed by atoms with E-state index in [-0.39, 0.29) is 30.6 Å². The van der Waals surface area contributed by atoms with Crippen LogP contribution in [-0.4, -0.2) is 53.0 Å². The first-order valence-corrected chi connectivity index (χ1v) is 19.0. The predicted octanol–water partition coefficient (Wildman–Crippen LogP) is 7.36. The number of nitrogens with zero attached hydrogens (tertiary/aromatic N) is 2. The normalized spacial score (nSPS) is 16.8. The molecule has 5 N–H and O–H groups in total. The molecule has 2 amide bonds. The standard InChI is InChI=1S/C45H51N5O5/c1-50(27-25-37-11-8-9-26-47-37)30-38-28-42(34-19-17-32(31-51)18-20-34)55-45(54-38)35-23-21-33(22-24-35)39-12-3-2-10-36(39)29-48-43(52)15-6-7-16-44(53)49-41-14-5-4-13-40(41)46/h2-5,8-14,17-24,26,38,42,45,51H,6-7,15-16,25,27-31,46H2,1H3,(H,48,52)(H,49,53)/t38-,42+,45+/m1/s1. The van der Waals surface area contributed by atoms with Crippen LogP contribution >= 0.6 is 0 Å². The van der Waals surface area contributed by atoms with Gasteiger partial charge >= 0.3 is 0 Å². The summed E-state index contributed by atoms with van der Waals surface area (Å²) >= 11 is 0. The van der Waals surface area contributed by atoms with Gasteiger partial charge < -0.3 is 35.8 Å². The molecule has 1 aliphatic rings. The molecule has 1 saturated heterocycles. The van der Waals surface area contributed by atoms with Gasteiger partial charge in [0, 0.05) is 62.8 Å². The fraction of sp³-hybridized carbons (Fsp3) is 0.311. The maximum Gasteiger partial charge on any atom is 0.224 e. The van der Waals surface area contributed by atoms with Crippen molar-refractivity contribution in [3.05, 3.63) is 149 Å². The smallest absolute Gasteiger partial charge is 0.224 e. The third-order valence-corrected chi connectivity index (χ3v) is 9.89. The van der Waals surface area contributed by atoms with Crippen molar-refractivity contribution in [2.24, 2.45) is 0 Å². The van der Waals surface area contributed by atoms with Crippen molar-refractivity contribution in [3.63, 3.8) is 0 Å². The molecule has 0 unspecified atom stereocenters. The van der Waals surface area contributed by atoms with Gasteiger partial charge in [-0.25, -0.2) is 0 Å². The molecular formula is C45H51N5O5. The van der Waals surface area contributed by atoms with Crippen LogP contribution in [0.15, 0.2) is 121 Å². The summed E-state index contributed by atoms with van der Waals surface area (Å²) in [6.45, 7) is 1.99. The second kappa shape index (κ2) is 19.8. The zero-order chi connectivity index (χ0) is 38.4. The van der Waals surface area contributed by atoms with E-state index in [4.69, 9.17) is 15.2 Å². The molecule has 3 atom stereocenters. The molecule has 10 heteroatoms. The summed E-state index contributed by atoms with van der Waals surface area (Å²) in [5.74, 6) is -0.171. The number of aromatic nitrogens is 1. The molecule has 1 fully saturated rings. The van der Waals surface area contributed by atoms with Gasteiger partial charge in [-0.2, -0.15) is 0 Å². The van der Waals surface area contributed by atoms with E-state index in [2.05, 4.69) is 64.0 Å². The Kier molecular flexibility index (Phi) is 14.1. The highest BCUT2D eigenvalue weighted by molar-refractivity contribution is 5.93. The number of pyridine rings is 1. The van der Waals surface area contributed by atoms with Gasteiger partial charge in [-0.15, -0.1) is 0 Å². The van der Waals surface area contributed by atoms with Crippen molar-refractivity contribution in [1.82, 2.24) is 15.2 Å². The topological polar surface area (TPSA) is 139 Å². The van der Waals surface area contributed by atoms with E-state index in [1.165, 1.54) is 0 Å². The fourth-order valence-corrected chi connectivity index (χ4v) is 6.78. The number of hydrogen-bond donors (Lipinski definition) is 4. The Morgan fingerprint density at radius 3 is 2.29 bits per heavy atom. The molecule has 4 aromatic carbocycles. The molecule has 0 radical (unpaired) electrons. The molecule has 10 nitrogen and oxygen atoms in total.